The van der Waals surface area contributed by atoms with E-state index < -0.39 is 0 Å². The van der Waals surface area contributed by atoms with E-state index in [1.807, 2.05) is 30.1 Å². The second-order valence-corrected chi connectivity index (χ2v) is 4.90. The zero-order valence-corrected chi connectivity index (χ0v) is 11.4. The van der Waals surface area contributed by atoms with E-state index >= 15 is 0 Å². The van der Waals surface area contributed by atoms with Crippen LogP contribution in [0.5, 0.6) is 0 Å². The molecule has 1 aromatic carbocycles. The molecule has 0 saturated carbocycles. The smallest absolute Gasteiger partial charge is 0.0411 e. The molecule has 3 heteroatoms. The van der Waals surface area contributed by atoms with Gasteiger partial charge in [-0.1, -0.05) is 23.8 Å². The van der Waals surface area contributed by atoms with Gasteiger partial charge in [0.1, 0.15) is 0 Å². The molecule has 1 heterocycles. The molecule has 0 atom stereocenters. The van der Waals surface area contributed by atoms with Gasteiger partial charge >= 0.3 is 0 Å². The lowest BCUT2D eigenvalue weighted by atomic mass is 10.2. The van der Waals surface area contributed by atoms with Crippen molar-refractivity contribution in [2.75, 3.05) is 5.75 Å². The Kier molecular flexibility index (Phi) is 6.09. The van der Waals surface area contributed by atoms with Crippen LogP contribution in [0.2, 0.25) is 0 Å². The van der Waals surface area contributed by atoms with Gasteiger partial charge in [0.15, 0.2) is 0 Å². The predicted octanol–water partition coefficient (Wildman–Crippen LogP) is 4.15. The molecule has 0 saturated heterocycles. The number of aromatic nitrogens is 1. The van der Waals surface area contributed by atoms with Crippen LogP contribution in [0.3, 0.4) is 0 Å². The second kappa shape index (κ2) is 7.36. The summed E-state index contributed by atoms with van der Waals surface area (Å²) in [6, 6.07) is 14.7. The van der Waals surface area contributed by atoms with Crippen molar-refractivity contribution < 1.29 is 0 Å². The predicted molar refractivity (Wildman–Crippen MR) is 77.1 cm³/mol. The number of rotatable bonds is 4. The molecule has 0 bridgehead atoms. The summed E-state index contributed by atoms with van der Waals surface area (Å²) in [4.78, 5) is 5.66. The number of aryl methyl sites for hydroxylation is 2. The van der Waals surface area contributed by atoms with Gasteiger partial charge in [-0.3, -0.25) is 4.98 Å². The summed E-state index contributed by atoms with van der Waals surface area (Å²) in [6.45, 7) is 2.13. The highest BCUT2D eigenvalue weighted by Gasteiger charge is 1.96. The van der Waals surface area contributed by atoms with Crippen LogP contribution in [0.25, 0.3) is 0 Å². The first kappa shape index (κ1) is 14.1. The quantitative estimate of drug-likeness (QED) is 0.771. The summed E-state index contributed by atoms with van der Waals surface area (Å²) in [5.41, 5.74) is 2.49. The van der Waals surface area contributed by atoms with Crippen LogP contribution in [0, 0.1) is 6.92 Å². The first-order chi connectivity index (χ1) is 7.84. The van der Waals surface area contributed by atoms with Gasteiger partial charge in [-0.15, -0.1) is 24.2 Å². The number of benzene rings is 1. The molecule has 0 amide bonds. The van der Waals surface area contributed by atoms with Crippen LogP contribution < -0.4 is 0 Å². The Balaban J connectivity index is 0.00000144. The van der Waals surface area contributed by atoms with Crippen molar-refractivity contribution >= 4 is 24.2 Å². The van der Waals surface area contributed by atoms with Crippen molar-refractivity contribution in [3.05, 3.63) is 59.9 Å². The average molecular weight is 266 g/mol. The largest absolute Gasteiger partial charge is 0.261 e. The van der Waals surface area contributed by atoms with Gasteiger partial charge < -0.3 is 0 Å². The summed E-state index contributed by atoms with van der Waals surface area (Å²) in [5, 5.41) is 0. The van der Waals surface area contributed by atoms with E-state index in [9.17, 15) is 0 Å². The van der Waals surface area contributed by atoms with Crippen molar-refractivity contribution in [2.45, 2.75) is 18.2 Å². The lowest BCUT2D eigenvalue weighted by Crippen LogP contribution is -1.91. The summed E-state index contributed by atoms with van der Waals surface area (Å²) in [6.07, 6.45) is 2.88. The van der Waals surface area contributed by atoms with Crippen LogP contribution in [-0.2, 0) is 6.42 Å². The Morgan fingerprint density at radius 2 is 2.00 bits per heavy atom. The second-order valence-electron chi connectivity index (χ2n) is 3.74. The van der Waals surface area contributed by atoms with E-state index in [0.717, 1.165) is 12.2 Å². The van der Waals surface area contributed by atoms with Gasteiger partial charge in [-0.05, 0) is 37.6 Å². The number of thioether (sulfide) groups is 1. The Hall–Kier alpha value is -0.990. The van der Waals surface area contributed by atoms with Gasteiger partial charge in [-0.2, -0.15) is 0 Å². The third kappa shape index (κ3) is 4.80. The zero-order chi connectivity index (χ0) is 11.2. The van der Waals surface area contributed by atoms with E-state index in [4.69, 9.17) is 0 Å². The van der Waals surface area contributed by atoms with Gasteiger partial charge in [0.25, 0.3) is 0 Å². The monoisotopic (exact) mass is 265 g/mol. The van der Waals surface area contributed by atoms with Gasteiger partial charge in [0.2, 0.25) is 0 Å². The lowest BCUT2D eigenvalue weighted by Gasteiger charge is -2.02. The summed E-state index contributed by atoms with van der Waals surface area (Å²) in [5.74, 6) is 1.08. The molecule has 2 aromatic rings. The van der Waals surface area contributed by atoms with E-state index in [1.165, 1.54) is 16.2 Å². The molecular weight excluding hydrogens is 250 g/mol. The molecule has 1 nitrogen and oxygen atoms in total. The minimum Gasteiger partial charge on any atom is -0.261 e. The standard InChI is InChI=1S/C14H15NS.ClH/c1-12-5-4-7-14(11-12)16-10-8-13-6-2-3-9-15-13;/h2-7,9,11H,8,10H2,1H3;1H. The molecule has 0 unspecified atom stereocenters. The highest BCUT2D eigenvalue weighted by atomic mass is 35.5. The number of hydrogen-bond acceptors (Lipinski definition) is 2. The number of pyridine rings is 1. The molecule has 0 aliphatic heterocycles. The van der Waals surface area contributed by atoms with Crippen LogP contribution >= 0.6 is 24.2 Å². The molecular formula is C14H16ClNS. The Labute approximate surface area is 113 Å². The summed E-state index contributed by atoms with van der Waals surface area (Å²) >= 11 is 1.89. The van der Waals surface area contributed by atoms with Crippen LogP contribution in [0.15, 0.2) is 53.6 Å². The van der Waals surface area contributed by atoms with E-state index in [2.05, 4.69) is 42.2 Å². The van der Waals surface area contributed by atoms with Crippen molar-refractivity contribution in [2.24, 2.45) is 0 Å². The van der Waals surface area contributed by atoms with Crippen LogP contribution in [0.1, 0.15) is 11.3 Å². The van der Waals surface area contributed by atoms with Gasteiger partial charge in [0.05, 0.1) is 0 Å². The van der Waals surface area contributed by atoms with E-state index in [0.29, 0.717) is 0 Å². The first-order valence-electron chi connectivity index (χ1n) is 5.44. The van der Waals surface area contributed by atoms with E-state index in [1.54, 1.807) is 0 Å². The maximum atomic E-state index is 4.31. The maximum absolute atomic E-state index is 4.31. The molecule has 0 aliphatic rings. The fraction of sp³-hybridized carbons (Fsp3) is 0.214. The normalized spacial score (nSPS) is 9.71. The Morgan fingerprint density at radius 3 is 2.71 bits per heavy atom. The van der Waals surface area contributed by atoms with Gasteiger partial charge in [0, 0.05) is 22.5 Å². The molecule has 0 radical (unpaired) electrons. The van der Waals surface area contributed by atoms with Crippen molar-refractivity contribution in [1.82, 2.24) is 4.98 Å². The van der Waals surface area contributed by atoms with Gasteiger partial charge in [-0.25, -0.2) is 0 Å². The fourth-order valence-electron chi connectivity index (χ4n) is 1.52. The Bertz CT molecular complexity index is 445. The topological polar surface area (TPSA) is 12.9 Å². The molecule has 2 rings (SSSR count). The zero-order valence-electron chi connectivity index (χ0n) is 9.80. The SMILES string of the molecule is Cc1cccc(SCCc2ccccn2)c1.Cl. The minimum absolute atomic E-state index is 0. The van der Waals surface area contributed by atoms with Crippen molar-refractivity contribution in [3.8, 4) is 0 Å². The third-order valence-electron chi connectivity index (χ3n) is 2.34. The lowest BCUT2D eigenvalue weighted by molar-refractivity contribution is 1.05. The fourth-order valence-corrected chi connectivity index (χ4v) is 2.52. The third-order valence-corrected chi connectivity index (χ3v) is 3.34. The molecule has 90 valence electrons. The maximum Gasteiger partial charge on any atom is 0.0411 e. The molecule has 0 fully saturated rings. The Morgan fingerprint density at radius 1 is 1.12 bits per heavy atom. The summed E-state index contributed by atoms with van der Waals surface area (Å²) < 4.78 is 0. The summed E-state index contributed by atoms with van der Waals surface area (Å²) in [7, 11) is 0. The highest BCUT2D eigenvalue weighted by molar-refractivity contribution is 7.99. The molecule has 1 aromatic heterocycles. The number of hydrogen-bond donors (Lipinski definition) is 0. The molecule has 17 heavy (non-hydrogen) atoms. The molecule has 0 spiro atoms. The van der Waals surface area contributed by atoms with Crippen molar-refractivity contribution in [3.63, 3.8) is 0 Å². The number of nitrogens with zero attached hydrogens (tertiary/aromatic N) is 1. The van der Waals surface area contributed by atoms with E-state index in [-0.39, 0.29) is 12.4 Å². The first-order valence-corrected chi connectivity index (χ1v) is 6.42. The van der Waals surface area contributed by atoms with Crippen LogP contribution in [-0.4, -0.2) is 10.7 Å². The van der Waals surface area contributed by atoms with Crippen molar-refractivity contribution in [1.29, 1.82) is 0 Å². The highest BCUT2D eigenvalue weighted by Crippen LogP contribution is 2.19. The average Bonchev–Trinajstić information content (AvgIpc) is 2.30. The van der Waals surface area contributed by atoms with Crippen LogP contribution in [0.4, 0.5) is 0 Å². The molecule has 0 N–H and O–H groups in total. The minimum atomic E-state index is 0. The molecule has 0 aliphatic carbocycles. The number of halogens is 1.